The van der Waals surface area contributed by atoms with Gasteiger partial charge in [-0.1, -0.05) is 25.3 Å². The molecule has 0 N–H and O–H groups in total. The van der Waals surface area contributed by atoms with E-state index in [1.54, 1.807) is 0 Å². The Morgan fingerprint density at radius 2 is 1.39 bits per heavy atom. The van der Waals surface area contributed by atoms with Gasteiger partial charge in [-0.2, -0.15) is 0 Å². The van der Waals surface area contributed by atoms with Crippen LogP contribution in [0.2, 0.25) is 0 Å². The first-order valence-electron chi connectivity index (χ1n) is 9.25. The van der Waals surface area contributed by atoms with Crippen LogP contribution in [0, 0.1) is 23.7 Å². The van der Waals surface area contributed by atoms with Gasteiger partial charge in [0.15, 0.2) is 17.8 Å². The van der Waals surface area contributed by atoms with Crippen molar-refractivity contribution in [1.29, 1.82) is 0 Å². The van der Waals surface area contributed by atoms with Gasteiger partial charge < -0.3 is 0 Å². The minimum atomic E-state index is -1.87. The average molecular weight is 328 g/mol. The molecule has 0 radical (unpaired) electrons. The summed E-state index contributed by atoms with van der Waals surface area (Å²) in [6, 6.07) is 0. The van der Waals surface area contributed by atoms with Gasteiger partial charge in [-0.05, 0) is 82.1 Å². The van der Waals surface area contributed by atoms with Gasteiger partial charge in [-0.25, -0.2) is 13.2 Å². The van der Waals surface area contributed by atoms with Crippen molar-refractivity contribution in [3.8, 4) is 0 Å². The molecule has 2 aliphatic carbocycles. The van der Waals surface area contributed by atoms with Crippen LogP contribution in [0.3, 0.4) is 0 Å². The lowest BCUT2D eigenvalue weighted by Crippen LogP contribution is -2.25. The molecule has 132 valence electrons. The van der Waals surface area contributed by atoms with Crippen molar-refractivity contribution in [1.82, 2.24) is 0 Å². The number of alkyl halides is 1. The van der Waals surface area contributed by atoms with Crippen LogP contribution < -0.4 is 0 Å². The smallest absolute Gasteiger partial charge is 0.169 e. The Labute approximate surface area is 139 Å². The van der Waals surface area contributed by atoms with Crippen molar-refractivity contribution in [2.45, 2.75) is 78.3 Å². The maximum Gasteiger partial charge on any atom is 0.169 e. The molecule has 0 aromatic carbocycles. The molecule has 2 fully saturated rings. The number of halogens is 3. The zero-order valence-electron chi connectivity index (χ0n) is 14.8. The summed E-state index contributed by atoms with van der Waals surface area (Å²) in [7, 11) is 0. The van der Waals surface area contributed by atoms with Gasteiger partial charge in [-0.3, -0.25) is 0 Å². The molecule has 0 bridgehead atoms. The summed E-state index contributed by atoms with van der Waals surface area (Å²) in [4.78, 5) is 0. The molecule has 2 aliphatic rings. The highest BCUT2D eigenvalue weighted by Gasteiger charge is 2.30. The van der Waals surface area contributed by atoms with Crippen LogP contribution in [0.25, 0.3) is 0 Å². The maximum atomic E-state index is 13.6. The highest BCUT2D eigenvalue weighted by molar-refractivity contribution is 5.23. The molecular formula is C20H31F3. The second kappa shape index (κ2) is 8.39. The topological polar surface area (TPSA) is 0 Å². The first-order chi connectivity index (χ1) is 10.9. The Balaban J connectivity index is 1.87. The zero-order valence-corrected chi connectivity index (χ0v) is 14.8. The standard InChI is InChI=1S/C20H31F3/c1-13-4-6-17(7-5-13)18-10-8-16(9-11-18)14(2)12-19(22)20(23)15(3)21/h12-13,15-18H,4-11H2,1-3H3/b14-12+,20-19-. The molecule has 1 atom stereocenters. The van der Waals surface area contributed by atoms with E-state index in [9.17, 15) is 13.2 Å². The second-order valence-corrected chi connectivity index (χ2v) is 7.83. The summed E-state index contributed by atoms with van der Waals surface area (Å²) in [6.07, 6.45) is 9.29. The van der Waals surface area contributed by atoms with E-state index < -0.39 is 17.8 Å². The molecule has 2 rings (SSSR count). The Morgan fingerprint density at radius 3 is 1.87 bits per heavy atom. The molecule has 0 nitrogen and oxygen atoms in total. The van der Waals surface area contributed by atoms with E-state index in [0.29, 0.717) is 5.92 Å². The molecule has 1 unspecified atom stereocenters. The van der Waals surface area contributed by atoms with Gasteiger partial charge in [0.1, 0.15) is 0 Å². The molecule has 0 saturated heterocycles. The fourth-order valence-electron chi connectivity index (χ4n) is 4.38. The van der Waals surface area contributed by atoms with Crippen LogP contribution in [0.15, 0.2) is 23.3 Å². The molecule has 0 aromatic heterocycles. The number of allylic oxidation sites excluding steroid dienone is 4. The third-order valence-corrected chi connectivity index (χ3v) is 6.07. The molecule has 0 aromatic rings. The summed E-state index contributed by atoms with van der Waals surface area (Å²) in [5.74, 6) is 0.570. The van der Waals surface area contributed by atoms with E-state index in [0.717, 1.165) is 43.1 Å². The number of hydrogen-bond acceptors (Lipinski definition) is 0. The van der Waals surface area contributed by atoms with E-state index in [2.05, 4.69) is 6.92 Å². The van der Waals surface area contributed by atoms with Gasteiger partial charge in [0.05, 0.1) is 0 Å². The van der Waals surface area contributed by atoms with Crippen molar-refractivity contribution in [3.05, 3.63) is 23.3 Å². The van der Waals surface area contributed by atoms with E-state index in [4.69, 9.17) is 0 Å². The molecule has 0 aliphatic heterocycles. The van der Waals surface area contributed by atoms with E-state index in [1.807, 2.05) is 6.92 Å². The zero-order chi connectivity index (χ0) is 17.0. The molecule has 2 saturated carbocycles. The lowest BCUT2D eigenvalue weighted by Gasteiger charge is -2.37. The molecule has 23 heavy (non-hydrogen) atoms. The van der Waals surface area contributed by atoms with Crippen molar-refractivity contribution in [3.63, 3.8) is 0 Å². The summed E-state index contributed by atoms with van der Waals surface area (Å²) >= 11 is 0. The van der Waals surface area contributed by atoms with Crippen molar-refractivity contribution < 1.29 is 13.2 Å². The molecular weight excluding hydrogens is 297 g/mol. The highest BCUT2D eigenvalue weighted by atomic mass is 19.2. The van der Waals surface area contributed by atoms with Crippen molar-refractivity contribution >= 4 is 0 Å². The second-order valence-electron chi connectivity index (χ2n) is 7.83. The van der Waals surface area contributed by atoms with Gasteiger partial charge in [0, 0.05) is 0 Å². The average Bonchev–Trinajstić information content (AvgIpc) is 2.54. The van der Waals surface area contributed by atoms with Crippen LogP contribution in [-0.2, 0) is 0 Å². The molecule has 0 spiro atoms. The van der Waals surface area contributed by atoms with Crippen molar-refractivity contribution in [2.75, 3.05) is 0 Å². The maximum absolute atomic E-state index is 13.6. The van der Waals surface area contributed by atoms with Crippen LogP contribution in [-0.4, -0.2) is 6.17 Å². The predicted octanol–water partition coefficient (Wildman–Crippen LogP) is 7.07. The monoisotopic (exact) mass is 328 g/mol. The van der Waals surface area contributed by atoms with Gasteiger partial charge in [0.25, 0.3) is 0 Å². The largest absolute Gasteiger partial charge is 0.240 e. The third kappa shape index (κ3) is 5.12. The normalized spacial score (nSPS) is 35.7. The summed E-state index contributed by atoms with van der Waals surface area (Å²) in [6.45, 7) is 5.22. The third-order valence-electron chi connectivity index (χ3n) is 6.07. The van der Waals surface area contributed by atoms with Crippen LogP contribution >= 0.6 is 0 Å². The van der Waals surface area contributed by atoms with Crippen molar-refractivity contribution in [2.24, 2.45) is 23.7 Å². The fourth-order valence-corrected chi connectivity index (χ4v) is 4.38. The Morgan fingerprint density at radius 1 is 0.913 bits per heavy atom. The highest BCUT2D eigenvalue weighted by Crippen LogP contribution is 2.42. The van der Waals surface area contributed by atoms with Crippen LogP contribution in [0.4, 0.5) is 13.2 Å². The minimum Gasteiger partial charge on any atom is -0.240 e. The fraction of sp³-hybridized carbons (Fsp3) is 0.800. The predicted molar refractivity (Wildman–Crippen MR) is 90.1 cm³/mol. The minimum absolute atomic E-state index is 0.322. The van der Waals surface area contributed by atoms with Gasteiger partial charge in [0.2, 0.25) is 0 Å². The van der Waals surface area contributed by atoms with E-state index in [-0.39, 0.29) is 0 Å². The Kier molecular flexibility index (Phi) is 6.79. The Bertz CT molecular complexity index is 434. The quantitative estimate of drug-likeness (QED) is 0.484. The lowest BCUT2D eigenvalue weighted by molar-refractivity contribution is 0.158. The summed E-state index contributed by atoms with van der Waals surface area (Å²) < 4.78 is 39.7. The van der Waals surface area contributed by atoms with Gasteiger partial charge >= 0.3 is 0 Å². The van der Waals surface area contributed by atoms with Crippen LogP contribution in [0.1, 0.15) is 72.1 Å². The summed E-state index contributed by atoms with van der Waals surface area (Å²) in [5.41, 5.74) is 0.856. The van der Waals surface area contributed by atoms with E-state index >= 15 is 0 Å². The molecule has 0 heterocycles. The van der Waals surface area contributed by atoms with Gasteiger partial charge in [-0.15, -0.1) is 0 Å². The first kappa shape index (κ1) is 18.6. The lowest BCUT2D eigenvalue weighted by atomic mass is 9.68. The number of hydrogen-bond donors (Lipinski definition) is 0. The summed E-state index contributed by atoms with van der Waals surface area (Å²) in [5, 5.41) is 0. The Hall–Kier alpha value is -0.730. The number of rotatable bonds is 4. The molecule has 0 amide bonds. The van der Waals surface area contributed by atoms with E-state index in [1.165, 1.54) is 44.6 Å². The van der Waals surface area contributed by atoms with Crippen LogP contribution in [0.5, 0.6) is 0 Å². The first-order valence-corrected chi connectivity index (χ1v) is 9.25. The molecule has 3 heteroatoms. The SMILES string of the molecule is C/C(=C\C(F)=C(\F)C(C)F)C1CCC(C2CCC(C)CC2)CC1.